The summed E-state index contributed by atoms with van der Waals surface area (Å²) in [5.41, 5.74) is 33.4. The smallest absolute Gasteiger partial charge is 0.238 e. The van der Waals surface area contributed by atoms with Crippen LogP contribution in [0.3, 0.4) is 0 Å². The summed E-state index contributed by atoms with van der Waals surface area (Å²) in [4.78, 5) is 46.2. The molecule has 0 saturated heterocycles. The molecule has 658 valence electrons. The second-order valence-corrected chi connectivity index (χ2v) is 38.0. The van der Waals surface area contributed by atoms with Crippen molar-refractivity contribution in [2.45, 2.75) is 57.8 Å². The minimum Gasteiger partial charge on any atom is -0.309 e. The lowest BCUT2D eigenvalue weighted by Crippen LogP contribution is -2.15. The third-order valence-corrected chi connectivity index (χ3v) is 28.9. The van der Waals surface area contributed by atoms with Crippen molar-refractivity contribution in [3.63, 3.8) is 0 Å². The summed E-state index contributed by atoms with van der Waals surface area (Å²) in [5.74, 6) is 5.70. The highest BCUT2D eigenvalue weighted by molar-refractivity contribution is 6.26. The van der Waals surface area contributed by atoms with Gasteiger partial charge in [-0.2, -0.15) is 29.9 Å². The maximum atomic E-state index is 5.30. The summed E-state index contributed by atoms with van der Waals surface area (Å²) in [6, 6.07) is 152. The Bertz CT molecular complexity index is 9200. The van der Waals surface area contributed by atoms with E-state index in [4.69, 9.17) is 44.9 Å². The highest BCUT2D eigenvalue weighted by atomic mass is 15.2. The Labute approximate surface area is 803 Å². The molecule has 0 unspecified atom stereocenters. The lowest BCUT2D eigenvalue weighted by Gasteiger charge is -2.22. The lowest BCUT2D eigenvalue weighted by atomic mass is 9.82. The molecule has 0 bridgehead atoms. The van der Waals surface area contributed by atoms with Gasteiger partial charge in [0.25, 0.3) is 0 Å². The first-order valence-electron chi connectivity index (χ1n) is 47.5. The summed E-state index contributed by atoms with van der Waals surface area (Å²) in [7, 11) is 0. The van der Waals surface area contributed by atoms with E-state index in [1.54, 1.807) is 0 Å². The van der Waals surface area contributed by atoms with Gasteiger partial charge in [-0.1, -0.05) is 399 Å². The van der Waals surface area contributed by atoms with Gasteiger partial charge in [-0.3, -0.25) is 13.7 Å². The van der Waals surface area contributed by atoms with Gasteiger partial charge in [0.05, 0.1) is 44.1 Å². The fourth-order valence-electron chi connectivity index (χ4n) is 22.1. The number of benzene rings is 18. The van der Waals surface area contributed by atoms with Crippen molar-refractivity contribution in [2.75, 3.05) is 0 Å². The van der Waals surface area contributed by atoms with Gasteiger partial charge >= 0.3 is 0 Å². The molecule has 28 rings (SSSR count). The molecule has 18 aromatic carbocycles. The lowest BCUT2D eigenvalue weighted by molar-refractivity contribution is 0.660. The van der Waals surface area contributed by atoms with Gasteiger partial charge in [-0.25, -0.2) is 15.0 Å². The summed E-state index contributed by atoms with van der Waals surface area (Å²) < 4.78 is 9.05. The van der Waals surface area contributed by atoms with E-state index in [0.29, 0.717) is 52.8 Å². The van der Waals surface area contributed by atoms with Crippen molar-refractivity contribution in [1.82, 2.24) is 63.1 Å². The summed E-state index contributed by atoms with van der Waals surface area (Å²) in [5, 5.41) is 9.51. The van der Waals surface area contributed by atoms with Gasteiger partial charge in [0.2, 0.25) is 17.8 Å². The largest absolute Gasteiger partial charge is 0.309 e. The third-order valence-electron chi connectivity index (χ3n) is 28.9. The maximum Gasteiger partial charge on any atom is 0.238 e. The molecule has 0 atom stereocenters. The Morgan fingerprint density at radius 2 is 0.446 bits per heavy atom. The van der Waals surface area contributed by atoms with Gasteiger partial charge in [-0.15, -0.1) is 0 Å². The number of rotatable bonds is 11. The van der Waals surface area contributed by atoms with Crippen molar-refractivity contribution < 1.29 is 0 Å². The van der Waals surface area contributed by atoms with E-state index < -0.39 is 0 Å². The number of nitrogens with zero attached hydrogens (tertiary/aromatic N) is 13. The second-order valence-electron chi connectivity index (χ2n) is 38.0. The van der Waals surface area contributed by atoms with Crippen LogP contribution < -0.4 is 0 Å². The average Bonchev–Trinajstić information content (AvgIpc) is 1.56. The van der Waals surface area contributed by atoms with Crippen LogP contribution in [-0.4, -0.2) is 63.1 Å². The molecule has 0 aliphatic heterocycles. The van der Waals surface area contributed by atoms with Crippen LogP contribution in [-0.2, 0) is 16.2 Å². The topological polar surface area (TPSA) is 136 Å². The molecule has 0 N–H and O–H groups in total. The molecule has 0 saturated carbocycles. The van der Waals surface area contributed by atoms with Crippen molar-refractivity contribution in [3.8, 4) is 136 Å². The Kier molecular flexibility index (Phi) is 19.0. The fraction of sp³-hybridized carbons (Fsp3) is 0.0714. The first-order chi connectivity index (χ1) is 68.2. The number of para-hydroxylation sites is 5. The minimum absolute atomic E-state index is 0.124. The summed E-state index contributed by atoms with van der Waals surface area (Å²) >= 11 is 0. The zero-order chi connectivity index (χ0) is 92.9. The van der Waals surface area contributed by atoms with Crippen molar-refractivity contribution >= 4 is 87.2 Å². The molecule has 0 radical (unpaired) electrons. The van der Waals surface area contributed by atoms with Crippen LogP contribution in [0.4, 0.5) is 0 Å². The first-order valence-corrected chi connectivity index (χ1v) is 47.5. The molecule has 0 fully saturated rings. The van der Waals surface area contributed by atoms with E-state index in [0.717, 1.165) is 83.1 Å². The van der Waals surface area contributed by atoms with E-state index in [2.05, 4.69) is 387 Å². The molecular formula is C126H89N13. The first kappa shape index (κ1) is 81.9. The van der Waals surface area contributed by atoms with E-state index in [-0.39, 0.29) is 16.2 Å². The Balaban J connectivity index is 0.000000108. The highest BCUT2D eigenvalue weighted by Crippen LogP contribution is 2.55. The van der Waals surface area contributed by atoms with E-state index in [1.807, 2.05) is 103 Å². The number of hydrogen-bond donors (Lipinski definition) is 0. The van der Waals surface area contributed by atoms with Gasteiger partial charge < -0.3 is 4.57 Å². The van der Waals surface area contributed by atoms with Crippen LogP contribution in [0.1, 0.15) is 74.9 Å². The molecule has 7 heterocycles. The van der Waals surface area contributed by atoms with Crippen molar-refractivity contribution in [3.05, 3.63) is 464 Å². The van der Waals surface area contributed by atoms with Crippen LogP contribution in [0.15, 0.2) is 431 Å². The van der Waals surface area contributed by atoms with Crippen LogP contribution in [0.2, 0.25) is 0 Å². The molecule has 0 amide bonds. The molecule has 25 aromatic rings. The van der Waals surface area contributed by atoms with Gasteiger partial charge in [0.15, 0.2) is 34.9 Å². The van der Waals surface area contributed by atoms with Crippen LogP contribution in [0.5, 0.6) is 0 Å². The summed E-state index contributed by atoms with van der Waals surface area (Å²) in [6.07, 6.45) is 0. The zero-order valence-corrected chi connectivity index (χ0v) is 77.3. The van der Waals surface area contributed by atoms with Crippen LogP contribution in [0, 0.1) is 0 Å². The predicted octanol–water partition coefficient (Wildman–Crippen LogP) is 30.6. The Hall–Kier alpha value is -17.8. The average molecular weight is 1790 g/mol. The third kappa shape index (κ3) is 13.3. The summed E-state index contributed by atoms with van der Waals surface area (Å²) in [6.45, 7) is 13.9. The van der Waals surface area contributed by atoms with Crippen molar-refractivity contribution in [2.24, 2.45) is 0 Å². The van der Waals surface area contributed by atoms with Gasteiger partial charge in [-0.05, 0) is 151 Å². The SMILES string of the molecule is CC1(C)c2ccccc2-c2cc3c4ccccc4n(-c4nc(-c5ccccc5)nc(-c5ccc(-c6ccccc6)cc5)n4)c3cc21.CC1(C)c2ccccc2-c2ccc(-c3nc(-c4ccccc4)nc(-n4c5ccccc5c5cc6c(cc54)C(C)(C)c4ccccc4-6)n3)cc21.c1ccc(-c2nc(-c3ccccc3)nc(-n3c4ccccc4c4c3ccc3c5ccccc5n(-c5ccccc5)c34)n2)cc1. The predicted molar refractivity (Wildman–Crippen MR) is 568 cm³/mol. The van der Waals surface area contributed by atoms with E-state index >= 15 is 0 Å². The molecule has 3 aliphatic carbocycles. The minimum atomic E-state index is -0.129. The van der Waals surface area contributed by atoms with E-state index in [1.165, 1.54) is 121 Å². The monoisotopic (exact) mass is 1780 g/mol. The van der Waals surface area contributed by atoms with Crippen molar-refractivity contribution in [1.29, 1.82) is 0 Å². The molecule has 139 heavy (non-hydrogen) atoms. The van der Waals surface area contributed by atoms with Crippen LogP contribution >= 0.6 is 0 Å². The Morgan fingerprint density at radius 3 is 0.863 bits per heavy atom. The molecule has 13 heteroatoms. The van der Waals surface area contributed by atoms with Gasteiger partial charge in [0, 0.05) is 98.4 Å². The standard InChI is InChI=1S/C45H34N4.C42H30N4.C39H25N5/c1-44(2)35-19-11-8-16-29(35)31-23-22-28(24-37(31)44)42-46-41(27-14-6-5-7-15-27)47-43(48-42)49-39-21-13-10-18-32(39)34-25-33-30-17-9-12-20-36(30)45(3,4)38(33)26-40(34)49;1-42(2)35-19-11-9-17-31(35)33-25-34-32-18-10-12-20-37(32)46(38(34)26-36(33)42)41-44-39(29-15-7-4-8-16-29)43-40(45-41)30-23-21-28(22-24-30)27-13-5-3-6-14-27;1-4-14-26(15-5-1)37-40-38(27-16-6-2-7-17-27)42-39(41-37)44-33-23-13-11-21-31(33)35-34(44)25-24-30-29-20-10-12-22-32(29)43(36(30)35)28-18-8-3-9-19-28/h5-26H,1-4H3;3-26H,1-2H3;1-25H. The maximum absolute atomic E-state index is 5.30. The fourth-order valence-corrected chi connectivity index (χ4v) is 22.1. The molecule has 7 aromatic heterocycles. The second kappa shape index (κ2) is 32.2. The molecular weight excluding hydrogens is 1700 g/mol. The zero-order valence-electron chi connectivity index (χ0n) is 77.3. The highest BCUT2D eigenvalue weighted by Gasteiger charge is 2.40. The quantitative estimate of drug-likeness (QED) is 0.124. The van der Waals surface area contributed by atoms with Crippen LogP contribution in [0.25, 0.3) is 224 Å². The normalized spacial score (nSPS) is 13.3. The van der Waals surface area contributed by atoms with E-state index in [9.17, 15) is 0 Å². The molecule has 3 aliphatic rings. The number of fused-ring (bicyclic) bond motifs is 22. The molecule has 0 spiro atoms. The van der Waals surface area contributed by atoms with Gasteiger partial charge in [0.1, 0.15) is 0 Å². The molecule has 13 nitrogen and oxygen atoms in total. The number of aromatic nitrogens is 13. The Morgan fingerprint density at radius 1 is 0.165 bits per heavy atom. The number of hydrogen-bond acceptors (Lipinski definition) is 9.